The monoisotopic (exact) mass is 308 g/mol. The molecule has 0 unspecified atom stereocenters. The molecule has 1 fully saturated rings. The summed E-state index contributed by atoms with van der Waals surface area (Å²) < 4.78 is 13.7. The summed E-state index contributed by atoms with van der Waals surface area (Å²) in [5, 5.41) is 5.03. The maximum Gasteiger partial charge on any atom is 0.246 e. The summed E-state index contributed by atoms with van der Waals surface area (Å²) in [5.74, 6) is 0.0332. The first-order valence-electron chi connectivity index (χ1n) is 7.60. The number of alkyl halides is 1. The van der Waals surface area contributed by atoms with Crippen LogP contribution in [0.25, 0.3) is 0 Å². The predicted octanol–water partition coefficient (Wildman–Crippen LogP) is 2.89. The van der Waals surface area contributed by atoms with E-state index in [1.54, 1.807) is 11.3 Å². The molecule has 0 saturated carbocycles. The van der Waals surface area contributed by atoms with Crippen molar-refractivity contribution in [1.29, 1.82) is 0 Å². The van der Waals surface area contributed by atoms with Gasteiger partial charge in [-0.15, -0.1) is 11.3 Å². The van der Waals surface area contributed by atoms with E-state index >= 15 is 0 Å². The second-order valence-corrected chi connectivity index (χ2v) is 6.86. The second kappa shape index (κ2) is 6.71. The van der Waals surface area contributed by atoms with Crippen molar-refractivity contribution in [1.82, 2.24) is 10.2 Å². The van der Waals surface area contributed by atoms with Crippen molar-refractivity contribution in [3.8, 4) is 0 Å². The molecule has 21 heavy (non-hydrogen) atoms. The molecule has 0 spiro atoms. The third-order valence-corrected chi connectivity index (χ3v) is 5.11. The third-order valence-electron chi connectivity index (χ3n) is 4.25. The molecular formula is C16H21FN2OS. The van der Waals surface area contributed by atoms with Crippen molar-refractivity contribution in [2.45, 2.75) is 44.4 Å². The van der Waals surface area contributed by atoms with Gasteiger partial charge in [-0.05, 0) is 37.1 Å². The van der Waals surface area contributed by atoms with Crippen molar-refractivity contribution >= 4 is 17.2 Å². The van der Waals surface area contributed by atoms with E-state index < -0.39 is 6.17 Å². The minimum absolute atomic E-state index is 0.0332. The van der Waals surface area contributed by atoms with Crippen LogP contribution in [0.3, 0.4) is 0 Å². The number of nitrogens with one attached hydrogen (secondary N) is 1. The van der Waals surface area contributed by atoms with Gasteiger partial charge in [0.2, 0.25) is 5.91 Å². The number of amides is 1. The zero-order valence-electron chi connectivity index (χ0n) is 12.1. The van der Waals surface area contributed by atoms with Crippen LogP contribution in [-0.2, 0) is 11.3 Å². The fourth-order valence-electron chi connectivity index (χ4n) is 3.13. The molecule has 1 N–H and O–H groups in total. The van der Waals surface area contributed by atoms with Crippen LogP contribution in [0, 0.1) is 0 Å². The van der Waals surface area contributed by atoms with E-state index in [-0.39, 0.29) is 11.9 Å². The van der Waals surface area contributed by atoms with Crippen molar-refractivity contribution in [3.05, 3.63) is 34.0 Å². The number of likely N-dealkylation sites (tertiary alicyclic amines) is 1. The van der Waals surface area contributed by atoms with Crippen LogP contribution in [0.4, 0.5) is 4.39 Å². The molecule has 0 aromatic carbocycles. The molecule has 1 aromatic heterocycles. The lowest BCUT2D eigenvalue weighted by molar-refractivity contribution is -0.117. The Hall–Kier alpha value is -1.20. The van der Waals surface area contributed by atoms with Gasteiger partial charge in [0, 0.05) is 36.1 Å². The summed E-state index contributed by atoms with van der Waals surface area (Å²) in [5.41, 5.74) is 0.898. The van der Waals surface area contributed by atoms with Gasteiger partial charge >= 0.3 is 0 Å². The minimum Gasteiger partial charge on any atom is -0.351 e. The number of carbonyl (C=O) groups excluding carboxylic acids is 1. The Balaban J connectivity index is 1.54. The quantitative estimate of drug-likeness (QED) is 0.907. The molecule has 1 amide bonds. The van der Waals surface area contributed by atoms with Crippen LogP contribution < -0.4 is 5.32 Å². The summed E-state index contributed by atoms with van der Waals surface area (Å²) >= 11 is 1.70. The zero-order chi connectivity index (χ0) is 14.7. The maximum atomic E-state index is 13.7. The number of allylic oxidation sites excluding steroid dienone is 1. The van der Waals surface area contributed by atoms with Gasteiger partial charge in [-0.3, -0.25) is 9.69 Å². The van der Waals surface area contributed by atoms with Crippen LogP contribution in [0.2, 0.25) is 0 Å². The van der Waals surface area contributed by atoms with Crippen molar-refractivity contribution in [3.63, 3.8) is 0 Å². The SMILES string of the molecule is O=C(NC[C@@H]1C[C@H](F)CN1Cc1cccs1)C1=CCCC1. The first-order chi connectivity index (χ1) is 10.2. The Morgan fingerprint density at radius 3 is 3.14 bits per heavy atom. The van der Waals surface area contributed by atoms with Crippen LogP contribution in [0.15, 0.2) is 29.2 Å². The van der Waals surface area contributed by atoms with E-state index in [0.29, 0.717) is 19.5 Å². The van der Waals surface area contributed by atoms with E-state index in [1.807, 2.05) is 17.5 Å². The average molecular weight is 308 g/mol. The highest BCUT2D eigenvalue weighted by atomic mass is 32.1. The number of hydrogen-bond donors (Lipinski definition) is 1. The number of nitrogens with zero attached hydrogens (tertiary/aromatic N) is 1. The van der Waals surface area contributed by atoms with Gasteiger partial charge < -0.3 is 5.32 Å². The Morgan fingerprint density at radius 2 is 2.43 bits per heavy atom. The highest BCUT2D eigenvalue weighted by Crippen LogP contribution is 2.24. The summed E-state index contributed by atoms with van der Waals surface area (Å²) in [7, 11) is 0. The lowest BCUT2D eigenvalue weighted by Gasteiger charge is -2.23. The minimum atomic E-state index is -0.780. The van der Waals surface area contributed by atoms with Gasteiger partial charge in [0.25, 0.3) is 0 Å². The molecule has 1 aliphatic carbocycles. The number of halogens is 1. The second-order valence-electron chi connectivity index (χ2n) is 5.83. The van der Waals surface area contributed by atoms with E-state index in [9.17, 15) is 9.18 Å². The molecule has 0 radical (unpaired) electrons. The fourth-order valence-corrected chi connectivity index (χ4v) is 3.86. The lowest BCUT2D eigenvalue weighted by atomic mass is 10.2. The van der Waals surface area contributed by atoms with Crippen molar-refractivity contribution in [2.75, 3.05) is 13.1 Å². The topological polar surface area (TPSA) is 32.3 Å². The Morgan fingerprint density at radius 1 is 1.52 bits per heavy atom. The summed E-state index contributed by atoms with van der Waals surface area (Å²) in [6.45, 7) is 1.80. The molecule has 5 heteroatoms. The van der Waals surface area contributed by atoms with Crippen LogP contribution >= 0.6 is 11.3 Å². The number of carbonyl (C=O) groups is 1. The highest BCUT2D eigenvalue weighted by Gasteiger charge is 2.32. The highest BCUT2D eigenvalue weighted by molar-refractivity contribution is 7.09. The summed E-state index contributed by atoms with van der Waals surface area (Å²) in [6, 6.07) is 4.20. The van der Waals surface area contributed by atoms with Gasteiger partial charge in [-0.2, -0.15) is 0 Å². The van der Waals surface area contributed by atoms with Crippen LogP contribution in [0.5, 0.6) is 0 Å². The Bertz CT molecular complexity index is 514. The largest absolute Gasteiger partial charge is 0.351 e. The molecule has 2 aliphatic rings. The maximum absolute atomic E-state index is 13.7. The summed E-state index contributed by atoms with van der Waals surface area (Å²) in [6.07, 6.45) is 4.71. The summed E-state index contributed by atoms with van der Waals surface area (Å²) in [4.78, 5) is 15.4. The third kappa shape index (κ3) is 3.71. The molecule has 1 saturated heterocycles. The van der Waals surface area contributed by atoms with Gasteiger partial charge in [-0.25, -0.2) is 4.39 Å². The predicted molar refractivity (Wildman–Crippen MR) is 83.0 cm³/mol. The standard InChI is InChI=1S/C16H21FN2OS/c17-13-8-14(9-18-16(20)12-4-1-2-5-12)19(10-13)11-15-6-3-7-21-15/h3-4,6-7,13-14H,1-2,5,8-11H2,(H,18,20)/t13-,14-/m0/s1. The smallest absolute Gasteiger partial charge is 0.246 e. The molecule has 1 aliphatic heterocycles. The number of hydrogen-bond acceptors (Lipinski definition) is 3. The molecule has 114 valence electrons. The Labute approximate surface area is 128 Å². The van der Waals surface area contributed by atoms with Crippen LogP contribution in [0.1, 0.15) is 30.6 Å². The Kier molecular flexibility index (Phi) is 4.70. The first kappa shape index (κ1) is 14.7. The molecule has 2 atom stereocenters. The van der Waals surface area contributed by atoms with Crippen LogP contribution in [-0.4, -0.2) is 36.1 Å². The first-order valence-corrected chi connectivity index (χ1v) is 8.48. The molecule has 3 nitrogen and oxygen atoms in total. The fraction of sp³-hybridized carbons (Fsp3) is 0.562. The van der Waals surface area contributed by atoms with E-state index in [2.05, 4.69) is 16.3 Å². The molecule has 3 rings (SSSR count). The normalized spacial score (nSPS) is 26.0. The van der Waals surface area contributed by atoms with Gasteiger partial charge in [-0.1, -0.05) is 12.1 Å². The van der Waals surface area contributed by atoms with Gasteiger partial charge in [0.1, 0.15) is 6.17 Å². The van der Waals surface area contributed by atoms with Gasteiger partial charge in [0.05, 0.1) is 0 Å². The zero-order valence-corrected chi connectivity index (χ0v) is 12.9. The average Bonchev–Trinajstić information content (AvgIpc) is 3.18. The molecule has 0 bridgehead atoms. The number of rotatable bonds is 5. The molecular weight excluding hydrogens is 287 g/mol. The van der Waals surface area contributed by atoms with E-state index in [0.717, 1.165) is 31.4 Å². The van der Waals surface area contributed by atoms with Crippen molar-refractivity contribution < 1.29 is 9.18 Å². The van der Waals surface area contributed by atoms with E-state index in [4.69, 9.17) is 0 Å². The lowest BCUT2D eigenvalue weighted by Crippen LogP contribution is -2.40. The molecule has 2 heterocycles. The van der Waals surface area contributed by atoms with Gasteiger partial charge in [0.15, 0.2) is 0 Å². The van der Waals surface area contributed by atoms with Crippen molar-refractivity contribution in [2.24, 2.45) is 0 Å². The number of thiophene rings is 1. The molecule has 1 aromatic rings. The van der Waals surface area contributed by atoms with E-state index in [1.165, 1.54) is 4.88 Å².